The summed E-state index contributed by atoms with van der Waals surface area (Å²) in [6.07, 6.45) is -1.95. The molecule has 156 valence electrons. The van der Waals surface area contributed by atoms with E-state index in [0.717, 1.165) is 11.1 Å². The fourth-order valence-electron chi connectivity index (χ4n) is 3.73. The van der Waals surface area contributed by atoms with Crippen molar-refractivity contribution >= 4 is 0 Å². The summed E-state index contributed by atoms with van der Waals surface area (Å²) >= 11 is 0. The topological polar surface area (TPSA) is 55.4 Å². The standard InChI is InChI=1S/C23H28O6/c1-16-19(25-14-17-10-6-4-7-11-17)20(26-15-18-12-8-5-9-13-18)21-22(27-16)29-23(2,24-3)28-21/h4-13,16,19-22H,14-15H2,1-3H3/t16-,19-,20+,21+,22+,23?/m0/s1. The number of methoxy groups -OCH3 is 1. The van der Waals surface area contributed by atoms with E-state index in [4.69, 9.17) is 28.4 Å². The SMILES string of the molecule is COC1(C)O[C@H]2O[C@@H](C)[C@H](OCc3ccccc3)[C@@H](OCc3ccccc3)[C@H]2O1. The van der Waals surface area contributed by atoms with E-state index >= 15 is 0 Å². The van der Waals surface area contributed by atoms with E-state index in [1.54, 1.807) is 14.0 Å². The van der Waals surface area contributed by atoms with Crippen LogP contribution in [0.15, 0.2) is 60.7 Å². The summed E-state index contributed by atoms with van der Waals surface area (Å²) < 4.78 is 36.0. The summed E-state index contributed by atoms with van der Waals surface area (Å²) in [7, 11) is 1.55. The van der Waals surface area contributed by atoms with Gasteiger partial charge in [-0.3, -0.25) is 4.74 Å². The first kappa shape index (κ1) is 20.5. The van der Waals surface area contributed by atoms with Crippen LogP contribution in [0.1, 0.15) is 25.0 Å². The van der Waals surface area contributed by atoms with E-state index in [0.29, 0.717) is 13.2 Å². The Morgan fingerprint density at radius 3 is 1.93 bits per heavy atom. The number of hydrogen-bond donors (Lipinski definition) is 0. The first-order valence-corrected chi connectivity index (χ1v) is 9.95. The molecule has 0 spiro atoms. The zero-order valence-corrected chi connectivity index (χ0v) is 17.0. The van der Waals surface area contributed by atoms with E-state index in [1.165, 1.54) is 0 Å². The third-order valence-corrected chi connectivity index (χ3v) is 5.35. The third-order valence-electron chi connectivity index (χ3n) is 5.35. The minimum Gasteiger partial charge on any atom is -0.368 e. The van der Waals surface area contributed by atoms with Gasteiger partial charge in [-0.2, -0.15) is 0 Å². The van der Waals surface area contributed by atoms with Gasteiger partial charge < -0.3 is 23.7 Å². The van der Waals surface area contributed by atoms with Crippen LogP contribution in [0.5, 0.6) is 0 Å². The zero-order chi connectivity index (χ0) is 20.3. The van der Waals surface area contributed by atoms with Gasteiger partial charge in [-0.1, -0.05) is 60.7 Å². The van der Waals surface area contributed by atoms with Gasteiger partial charge in [0.1, 0.15) is 18.3 Å². The normalized spacial score (nSPS) is 34.1. The van der Waals surface area contributed by atoms with Crippen LogP contribution in [0.2, 0.25) is 0 Å². The fourth-order valence-corrected chi connectivity index (χ4v) is 3.73. The molecule has 2 heterocycles. The molecule has 6 atom stereocenters. The zero-order valence-electron chi connectivity index (χ0n) is 17.0. The van der Waals surface area contributed by atoms with Crippen LogP contribution in [0.4, 0.5) is 0 Å². The first-order chi connectivity index (χ1) is 14.1. The molecule has 0 N–H and O–H groups in total. The predicted molar refractivity (Wildman–Crippen MR) is 106 cm³/mol. The van der Waals surface area contributed by atoms with Crippen LogP contribution in [-0.2, 0) is 41.6 Å². The second-order valence-corrected chi connectivity index (χ2v) is 7.50. The quantitative estimate of drug-likeness (QED) is 0.707. The summed E-state index contributed by atoms with van der Waals surface area (Å²) in [6.45, 7) is 4.61. The van der Waals surface area contributed by atoms with Gasteiger partial charge in [0.05, 0.1) is 19.3 Å². The molecule has 0 aliphatic carbocycles. The maximum absolute atomic E-state index is 6.33. The van der Waals surface area contributed by atoms with Gasteiger partial charge in [-0.25, -0.2) is 0 Å². The molecule has 2 aromatic carbocycles. The van der Waals surface area contributed by atoms with Crippen LogP contribution in [-0.4, -0.2) is 43.8 Å². The molecule has 2 fully saturated rings. The van der Waals surface area contributed by atoms with Gasteiger partial charge in [-0.05, 0) is 18.1 Å². The molecule has 0 saturated carbocycles. The van der Waals surface area contributed by atoms with Crippen molar-refractivity contribution in [3.63, 3.8) is 0 Å². The average Bonchev–Trinajstić information content (AvgIpc) is 3.09. The smallest absolute Gasteiger partial charge is 0.282 e. The Labute approximate surface area is 171 Å². The molecule has 6 heteroatoms. The summed E-state index contributed by atoms with van der Waals surface area (Å²) in [6, 6.07) is 20.1. The van der Waals surface area contributed by atoms with E-state index < -0.39 is 18.4 Å². The van der Waals surface area contributed by atoms with Crippen LogP contribution in [0.25, 0.3) is 0 Å². The van der Waals surface area contributed by atoms with E-state index in [1.807, 2.05) is 67.6 Å². The lowest BCUT2D eigenvalue weighted by Gasteiger charge is -2.41. The highest BCUT2D eigenvalue weighted by molar-refractivity contribution is 5.14. The molecule has 2 aromatic rings. The molecule has 6 nitrogen and oxygen atoms in total. The molecular weight excluding hydrogens is 372 g/mol. The van der Waals surface area contributed by atoms with Crippen molar-refractivity contribution in [2.24, 2.45) is 0 Å². The maximum Gasteiger partial charge on any atom is 0.282 e. The molecule has 2 aliphatic rings. The van der Waals surface area contributed by atoms with Crippen molar-refractivity contribution in [2.45, 2.75) is 63.7 Å². The van der Waals surface area contributed by atoms with Crippen molar-refractivity contribution in [1.82, 2.24) is 0 Å². The van der Waals surface area contributed by atoms with Crippen molar-refractivity contribution < 1.29 is 28.4 Å². The molecule has 2 aliphatic heterocycles. The number of ether oxygens (including phenoxy) is 6. The Bertz CT molecular complexity index is 769. The second kappa shape index (κ2) is 8.92. The molecule has 1 unspecified atom stereocenters. The molecular formula is C23H28O6. The minimum atomic E-state index is -1.17. The molecule has 0 amide bonds. The molecule has 0 radical (unpaired) electrons. The largest absolute Gasteiger partial charge is 0.368 e. The van der Waals surface area contributed by atoms with Crippen molar-refractivity contribution in [1.29, 1.82) is 0 Å². The van der Waals surface area contributed by atoms with Crippen LogP contribution in [0, 0.1) is 0 Å². The highest BCUT2D eigenvalue weighted by Gasteiger charge is 2.56. The van der Waals surface area contributed by atoms with Gasteiger partial charge >= 0.3 is 0 Å². The fraction of sp³-hybridized carbons (Fsp3) is 0.478. The number of rotatable bonds is 7. The minimum absolute atomic E-state index is 0.233. The van der Waals surface area contributed by atoms with E-state index in [-0.39, 0.29) is 18.3 Å². The Kier molecular flexibility index (Phi) is 6.29. The highest BCUT2D eigenvalue weighted by atomic mass is 16.9. The number of hydrogen-bond acceptors (Lipinski definition) is 6. The number of fused-ring (bicyclic) bond motifs is 1. The Hall–Kier alpha value is -1.80. The number of benzene rings is 2. The monoisotopic (exact) mass is 400 g/mol. The van der Waals surface area contributed by atoms with Crippen molar-refractivity contribution in [3.05, 3.63) is 71.8 Å². The maximum atomic E-state index is 6.33. The summed E-state index contributed by atoms with van der Waals surface area (Å²) in [5.74, 6) is -1.17. The highest BCUT2D eigenvalue weighted by Crippen LogP contribution is 2.39. The van der Waals surface area contributed by atoms with Crippen molar-refractivity contribution in [3.8, 4) is 0 Å². The van der Waals surface area contributed by atoms with Gasteiger partial charge in [0.15, 0.2) is 6.29 Å². The van der Waals surface area contributed by atoms with Crippen LogP contribution < -0.4 is 0 Å². The van der Waals surface area contributed by atoms with E-state index in [9.17, 15) is 0 Å². The molecule has 0 aromatic heterocycles. The van der Waals surface area contributed by atoms with Crippen molar-refractivity contribution in [2.75, 3.05) is 7.11 Å². The summed E-state index contributed by atoms with van der Waals surface area (Å²) in [5, 5.41) is 0. The Morgan fingerprint density at radius 2 is 1.38 bits per heavy atom. The molecule has 2 saturated heterocycles. The third kappa shape index (κ3) is 4.69. The average molecular weight is 400 g/mol. The lowest BCUT2D eigenvalue weighted by Crippen LogP contribution is -2.57. The summed E-state index contributed by atoms with van der Waals surface area (Å²) in [5.41, 5.74) is 2.17. The molecule has 0 bridgehead atoms. The lowest BCUT2D eigenvalue weighted by molar-refractivity contribution is -0.333. The van der Waals surface area contributed by atoms with Crippen LogP contribution >= 0.6 is 0 Å². The van der Waals surface area contributed by atoms with Gasteiger partial charge in [0, 0.05) is 14.0 Å². The Balaban J connectivity index is 1.52. The summed E-state index contributed by atoms with van der Waals surface area (Å²) in [4.78, 5) is 0. The van der Waals surface area contributed by atoms with Gasteiger partial charge in [0.25, 0.3) is 5.97 Å². The second-order valence-electron chi connectivity index (χ2n) is 7.50. The van der Waals surface area contributed by atoms with Crippen LogP contribution in [0.3, 0.4) is 0 Å². The molecule has 29 heavy (non-hydrogen) atoms. The van der Waals surface area contributed by atoms with Gasteiger partial charge in [0.2, 0.25) is 0 Å². The van der Waals surface area contributed by atoms with E-state index in [2.05, 4.69) is 0 Å². The predicted octanol–water partition coefficient (Wildman–Crippen LogP) is 3.64. The Morgan fingerprint density at radius 1 is 0.828 bits per heavy atom. The lowest BCUT2D eigenvalue weighted by atomic mass is 9.99. The van der Waals surface area contributed by atoms with Gasteiger partial charge in [-0.15, -0.1) is 0 Å². The first-order valence-electron chi connectivity index (χ1n) is 9.95. The molecule has 4 rings (SSSR count).